The minimum absolute atomic E-state index is 0. The minimum Gasteiger partial charge on any atom is -0.466 e. The summed E-state index contributed by atoms with van der Waals surface area (Å²) in [5, 5.41) is 3.34. The quantitative estimate of drug-likeness (QED) is 0.739. The predicted molar refractivity (Wildman–Crippen MR) is 61.1 cm³/mol. The summed E-state index contributed by atoms with van der Waals surface area (Å²) in [5.41, 5.74) is 0.242. The first-order chi connectivity index (χ1) is 6.78. The lowest BCUT2D eigenvalue weighted by molar-refractivity contribution is -0.150. The van der Waals surface area contributed by atoms with Gasteiger partial charge in [-0.25, -0.2) is 0 Å². The van der Waals surface area contributed by atoms with Crippen LogP contribution in [0.25, 0.3) is 0 Å². The third-order valence-electron chi connectivity index (χ3n) is 3.74. The lowest BCUT2D eigenvalue weighted by atomic mass is 9.76. The lowest BCUT2D eigenvalue weighted by Gasteiger charge is -2.28. The smallest absolute Gasteiger partial charge is 0.310 e. The molecule has 1 N–H and O–H groups in total. The Bertz CT molecular complexity index is 221. The van der Waals surface area contributed by atoms with E-state index in [9.17, 15) is 4.79 Å². The van der Waals surface area contributed by atoms with Crippen molar-refractivity contribution in [3.63, 3.8) is 0 Å². The van der Waals surface area contributed by atoms with E-state index in [4.69, 9.17) is 4.74 Å². The van der Waals surface area contributed by atoms with Crippen LogP contribution in [0.3, 0.4) is 0 Å². The Morgan fingerprint density at radius 3 is 2.73 bits per heavy atom. The molecular formula is C11H20ClNO2. The Morgan fingerprint density at radius 1 is 1.47 bits per heavy atom. The van der Waals surface area contributed by atoms with Crippen LogP contribution in [0.5, 0.6) is 0 Å². The summed E-state index contributed by atoms with van der Waals surface area (Å²) in [5.74, 6) is 0.129. The standard InChI is InChI=1S/C11H19NO2.ClH/c1-2-14-10(13)9-7-12-8-11(9)5-3-4-6-11;/h9,12H,2-8H2,1H3;1H. The van der Waals surface area contributed by atoms with Crippen LogP contribution >= 0.6 is 12.4 Å². The Hall–Kier alpha value is -0.280. The Balaban J connectivity index is 0.00000112. The van der Waals surface area contributed by atoms with Gasteiger partial charge in [0.15, 0.2) is 0 Å². The Morgan fingerprint density at radius 2 is 2.13 bits per heavy atom. The third-order valence-corrected chi connectivity index (χ3v) is 3.74. The second kappa shape index (κ2) is 5.17. The van der Waals surface area contributed by atoms with Crippen molar-refractivity contribution in [1.82, 2.24) is 5.32 Å². The van der Waals surface area contributed by atoms with E-state index in [2.05, 4.69) is 5.32 Å². The first kappa shape index (κ1) is 12.8. The summed E-state index contributed by atoms with van der Waals surface area (Å²) in [4.78, 5) is 11.7. The number of hydrogen-bond acceptors (Lipinski definition) is 3. The molecule has 1 heterocycles. The highest BCUT2D eigenvalue weighted by Gasteiger charge is 2.48. The van der Waals surface area contributed by atoms with Crippen molar-refractivity contribution in [2.45, 2.75) is 32.6 Å². The van der Waals surface area contributed by atoms with Crippen molar-refractivity contribution in [2.24, 2.45) is 11.3 Å². The zero-order valence-electron chi connectivity index (χ0n) is 9.25. The summed E-state index contributed by atoms with van der Waals surface area (Å²) in [6.07, 6.45) is 4.95. The molecule has 0 bridgehead atoms. The van der Waals surface area contributed by atoms with E-state index in [1.165, 1.54) is 25.7 Å². The zero-order valence-corrected chi connectivity index (χ0v) is 10.1. The van der Waals surface area contributed by atoms with Crippen molar-refractivity contribution in [2.75, 3.05) is 19.7 Å². The van der Waals surface area contributed by atoms with E-state index in [-0.39, 0.29) is 29.7 Å². The van der Waals surface area contributed by atoms with Crippen LogP contribution in [0.1, 0.15) is 32.6 Å². The van der Waals surface area contributed by atoms with E-state index in [0.29, 0.717) is 6.61 Å². The van der Waals surface area contributed by atoms with Gasteiger partial charge in [-0.05, 0) is 25.2 Å². The maximum atomic E-state index is 11.7. The molecule has 88 valence electrons. The molecule has 0 aromatic heterocycles. The Labute approximate surface area is 97.4 Å². The molecule has 1 saturated heterocycles. The van der Waals surface area contributed by atoms with Crippen molar-refractivity contribution >= 4 is 18.4 Å². The number of esters is 1. The van der Waals surface area contributed by atoms with Gasteiger partial charge in [-0.2, -0.15) is 0 Å². The summed E-state index contributed by atoms with van der Waals surface area (Å²) in [7, 11) is 0. The molecule has 0 aromatic carbocycles. The summed E-state index contributed by atoms with van der Waals surface area (Å²) in [6, 6.07) is 0. The van der Waals surface area contributed by atoms with E-state index < -0.39 is 0 Å². The predicted octanol–water partition coefficient (Wildman–Crippen LogP) is 1.75. The molecule has 1 aliphatic heterocycles. The highest BCUT2D eigenvalue weighted by molar-refractivity contribution is 5.85. The van der Waals surface area contributed by atoms with Gasteiger partial charge in [-0.1, -0.05) is 12.8 Å². The molecule has 0 aromatic rings. The molecule has 2 fully saturated rings. The number of nitrogens with one attached hydrogen (secondary N) is 1. The van der Waals surface area contributed by atoms with E-state index in [1.807, 2.05) is 6.92 Å². The molecule has 0 amide bonds. The van der Waals surface area contributed by atoms with Crippen LogP contribution in [0.15, 0.2) is 0 Å². The molecule has 15 heavy (non-hydrogen) atoms. The fourth-order valence-corrected chi connectivity index (χ4v) is 2.99. The normalized spacial score (nSPS) is 27.7. The highest BCUT2D eigenvalue weighted by Crippen LogP contribution is 2.46. The molecule has 1 aliphatic carbocycles. The van der Waals surface area contributed by atoms with Gasteiger partial charge in [0.1, 0.15) is 0 Å². The van der Waals surface area contributed by atoms with Crippen molar-refractivity contribution in [1.29, 1.82) is 0 Å². The average molecular weight is 234 g/mol. The van der Waals surface area contributed by atoms with E-state index in [1.54, 1.807) is 0 Å². The van der Waals surface area contributed by atoms with Crippen LogP contribution in [0, 0.1) is 11.3 Å². The maximum Gasteiger partial charge on any atom is 0.310 e. The molecule has 1 unspecified atom stereocenters. The average Bonchev–Trinajstić information content (AvgIpc) is 2.78. The number of carbonyl (C=O) groups excluding carboxylic acids is 1. The molecule has 1 saturated carbocycles. The minimum atomic E-state index is 0. The maximum absolute atomic E-state index is 11.7. The van der Waals surface area contributed by atoms with Gasteiger partial charge in [0, 0.05) is 13.1 Å². The molecule has 4 heteroatoms. The van der Waals surface area contributed by atoms with Crippen LogP contribution in [0.2, 0.25) is 0 Å². The number of rotatable bonds is 2. The third kappa shape index (κ3) is 2.28. The fourth-order valence-electron chi connectivity index (χ4n) is 2.99. The van der Waals surface area contributed by atoms with Crippen molar-refractivity contribution in [3.8, 4) is 0 Å². The highest BCUT2D eigenvalue weighted by atomic mass is 35.5. The van der Waals surface area contributed by atoms with Gasteiger partial charge in [-0.15, -0.1) is 12.4 Å². The zero-order chi connectivity index (χ0) is 10.0. The molecule has 2 rings (SSSR count). The van der Waals surface area contributed by atoms with Crippen LogP contribution in [-0.4, -0.2) is 25.7 Å². The van der Waals surface area contributed by atoms with Gasteiger partial charge >= 0.3 is 5.97 Å². The number of hydrogen-bond donors (Lipinski definition) is 1. The summed E-state index contributed by atoms with van der Waals surface area (Å²) in [6.45, 7) is 4.21. The van der Waals surface area contributed by atoms with Crippen LogP contribution in [0.4, 0.5) is 0 Å². The summed E-state index contributed by atoms with van der Waals surface area (Å²) >= 11 is 0. The monoisotopic (exact) mass is 233 g/mol. The molecule has 0 radical (unpaired) electrons. The largest absolute Gasteiger partial charge is 0.466 e. The molecule has 1 spiro atoms. The van der Waals surface area contributed by atoms with Gasteiger partial charge in [-0.3, -0.25) is 4.79 Å². The number of halogens is 1. The number of ether oxygens (including phenoxy) is 1. The molecule has 3 nitrogen and oxygen atoms in total. The van der Waals surface area contributed by atoms with Crippen molar-refractivity contribution in [3.05, 3.63) is 0 Å². The number of carbonyl (C=O) groups is 1. The topological polar surface area (TPSA) is 38.3 Å². The van der Waals surface area contributed by atoms with Gasteiger partial charge in [0.25, 0.3) is 0 Å². The van der Waals surface area contributed by atoms with Crippen LogP contribution < -0.4 is 5.32 Å². The van der Waals surface area contributed by atoms with E-state index >= 15 is 0 Å². The van der Waals surface area contributed by atoms with E-state index in [0.717, 1.165) is 13.1 Å². The van der Waals surface area contributed by atoms with Gasteiger partial charge < -0.3 is 10.1 Å². The van der Waals surface area contributed by atoms with Gasteiger partial charge in [0.2, 0.25) is 0 Å². The first-order valence-electron chi connectivity index (χ1n) is 5.66. The SMILES string of the molecule is CCOC(=O)C1CNCC12CCCC2.Cl. The second-order valence-electron chi connectivity index (χ2n) is 4.51. The van der Waals surface area contributed by atoms with Crippen LogP contribution in [-0.2, 0) is 9.53 Å². The van der Waals surface area contributed by atoms with Gasteiger partial charge in [0.05, 0.1) is 12.5 Å². The fraction of sp³-hybridized carbons (Fsp3) is 0.909. The second-order valence-corrected chi connectivity index (χ2v) is 4.51. The summed E-state index contributed by atoms with van der Waals surface area (Å²) < 4.78 is 5.13. The molecule has 2 aliphatic rings. The van der Waals surface area contributed by atoms with Crippen molar-refractivity contribution < 1.29 is 9.53 Å². The molecular weight excluding hydrogens is 214 g/mol. The Kier molecular flexibility index (Phi) is 4.41. The first-order valence-corrected chi connectivity index (χ1v) is 5.66. The molecule has 1 atom stereocenters. The lowest BCUT2D eigenvalue weighted by Crippen LogP contribution is -2.33.